The summed E-state index contributed by atoms with van der Waals surface area (Å²) in [5, 5.41) is 0.512. The van der Waals surface area contributed by atoms with Gasteiger partial charge in [-0.3, -0.25) is 0 Å². The Morgan fingerprint density at radius 1 is 1.33 bits per heavy atom. The Morgan fingerprint density at radius 2 is 2.07 bits per heavy atom. The quantitative estimate of drug-likeness (QED) is 0.736. The Morgan fingerprint density at radius 3 is 2.80 bits per heavy atom. The molecule has 3 nitrogen and oxygen atoms in total. The highest BCUT2D eigenvalue weighted by Gasteiger charge is 2.27. The average molecular weight is 226 g/mol. The van der Waals surface area contributed by atoms with Gasteiger partial charge in [0.15, 0.2) is 11.0 Å². The predicted molar refractivity (Wildman–Crippen MR) is 62.2 cm³/mol. The Kier molecular flexibility index (Phi) is 3.10. The summed E-state index contributed by atoms with van der Waals surface area (Å²) in [6, 6.07) is 0.493. The molecule has 4 heteroatoms. The Hall–Kier alpha value is -0.830. The fraction of sp³-hybridized carbons (Fsp3) is 0.636. The van der Waals surface area contributed by atoms with Crippen LogP contribution in [0.25, 0.3) is 0 Å². The molecule has 2 rings (SSSR count). The van der Waals surface area contributed by atoms with Crippen molar-refractivity contribution in [3.8, 4) is 0 Å². The van der Waals surface area contributed by atoms with E-state index in [1.54, 1.807) is 12.4 Å². The van der Waals surface area contributed by atoms with Crippen LogP contribution < -0.4 is 4.90 Å². The van der Waals surface area contributed by atoms with Crippen LogP contribution in [0.5, 0.6) is 0 Å². The molecule has 1 aliphatic rings. The molecule has 0 amide bonds. The zero-order chi connectivity index (χ0) is 10.8. The standard InChI is InChI=1S/C11H16ClN3/c1-8-4-3-7-15(9(8)2)11-10(12)13-5-6-14-11/h5-6,8-9H,3-4,7H2,1-2H3. The molecule has 0 saturated carbocycles. The molecule has 2 atom stereocenters. The first-order valence-corrected chi connectivity index (χ1v) is 5.81. The van der Waals surface area contributed by atoms with Crippen LogP contribution in [0.4, 0.5) is 5.82 Å². The first-order valence-electron chi connectivity index (χ1n) is 5.43. The van der Waals surface area contributed by atoms with E-state index < -0.39 is 0 Å². The van der Waals surface area contributed by atoms with Crippen molar-refractivity contribution in [2.75, 3.05) is 11.4 Å². The summed E-state index contributed by atoms with van der Waals surface area (Å²) in [6.07, 6.45) is 5.82. The Bertz CT molecular complexity index is 342. The van der Waals surface area contributed by atoms with E-state index in [0.29, 0.717) is 17.1 Å². The number of anilines is 1. The van der Waals surface area contributed by atoms with Gasteiger partial charge in [0.05, 0.1) is 0 Å². The number of hydrogen-bond donors (Lipinski definition) is 0. The second-order valence-corrected chi connectivity index (χ2v) is 4.58. The van der Waals surface area contributed by atoms with Crippen molar-refractivity contribution in [3.63, 3.8) is 0 Å². The van der Waals surface area contributed by atoms with Gasteiger partial charge in [0.2, 0.25) is 0 Å². The lowest BCUT2D eigenvalue weighted by Crippen LogP contribution is -2.43. The molecular weight excluding hydrogens is 210 g/mol. The third-order valence-electron chi connectivity index (χ3n) is 3.28. The zero-order valence-corrected chi connectivity index (χ0v) is 9.91. The van der Waals surface area contributed by atoms with E-state index in [0.717, 1.165) is 12.4 Å². The number of piperidine rings is 1. The van der Waals surface area contributed by atoms with E-state index in [9.17, 15) is 0 Å². The smallest absolute Gasteiger partial charge is 0.171 e. The van der Waals surface area contributed by atoms with Crippen LogP contribution in [0.1, 0.15) is 26.7 Å². The second-order valence-electron chi connectivity index (χ2n) is 4.22. The number of halogens is 1. The van der Waals surface area contributed by atoms with Crippen LogP contribution in [0.3, 0.4) is 0 Å². The van der Waals surface area contributed by atoms with E-state index >= 15 is 0 Å². The largest absolute Gasteiger partial charge is 0.351 e. The molecule has 1 aliphatic heterocycles. The van der Waals surface area contributed by atoms with Gasteiger partial charge in [-0.2, -0.15) is 0 Å². The van der Waals surface area contributed by atoms with Crippen LogP contribution >= 0.6 is 11.6 Å². The average Bonchev–Trinajstić information content (AvgIpc) is 2.23. The summed E-state index contributed by atoms with van der Waals surface area (Å²) >= 11 is 6.06. The van der Waals surface area contributed by atoms with Crippen LogP contribution in [0, 0.1) is 5.92 Å². The molecule has 0 radical (unpaired) electrons. The molecular formula is C11H16ClN3. The third kappa shape index (κ3) is 2.07. The minimum Gasteiger partial charge on any atom is -0.351 e. The van der Waals surface area contributed by atoms with Crippen molar-refractivity contribution in [3.05, 3.63) is 17.5 Å². The first-order chi connectivity index (χ1) is 7.20. The van der Waals surface area contributed by atoms with E-state index in [1.165, 1.54) is 12.8 Å². The number of hydrogen-bond acceptors (Lipinski definition) is 3. The van der Waals surface area contributed by atoms with E-state index in [-0.39, 0.29) is 0 Å². The highest BCUT2D eigenvalue weighted by molar-refractivity contribution is 6.31. The lowest BCUT2D eigenvalue weighted by molar-refractivity contribution is 0.361. The highest BCUT2D eigenvalue weighted by Crippen LogP contribution is 2.30. The molecule has 0 aliphatic carbocycles. The molecule has 0 aromatic carbocycles. The maximum atomic E-state index is 6.06. The highest BCUT2D eigenvalue weighted by atomic mass is 35.5. The van der Waals surface area contributed by atoms with Gasteiger partial charge in [0.25, 0.3) is 0 Å². The van der Waals surface area contributed by atoms with Crippen LogP contribution in [0.15, 0.2) is 12.4 Å². The van der Waals surface area contributed by atoms with Gasteiger partial charge in [-0.25, -0.2) is 9.97 Å². The van der Waals surface area contributed by atoms with E-state index in [4.69, 9.17) is 11.6 Å². The van der Waals surface area contributed by atoms with Gasteiger partial charge in [-0.15, -0.1) is 0 Å². The first kappa shape index (κ1) is 10.7. The van der Waals surface area contributed by atoms with Crippen molar-refractivity contribution < 1.29 is 0 Å². The maximum Gasteiger partial charge on any atom is 0.171 e. The second kappa shape index (κ2) is 4.35. The van der Waals surface area contributed by atoms with Crippen molar-refractivity contribution in [1.29, 1.82) is 0 Å². The van der Waals surface area contributed by atoms with E-state index in [2.05, 4.69) is 28.7 Å². The summed E-state index contributed by atoms with van der Waals surface area (Å²) < 4.78 is 0. The van der Waals surface area contributed by atoms with Crippen molar-refractivity contribution in [2.45, 2.75) is 32.7 Å². The normalized spacial score (nSPS) is 26.7. The summed E-state index contributed by atoms with van der Waals surface area (Å²) in [4.78, 5) is 10.7. The van der Waals surface area contributed by atoms with Crippen molar-refractivity contribution in [2.24, 2.45) is 5.92 Å². The molecule has 1 aromatic heterocycles. The molecule has 2 heterocycles. The fourth-order valence-corrected chi connectivity index (χ4v) is 2.35. The van der Waals surface area contributed by atoms with Gasteiger partial charge in [0.1, 0.15) is 0 Å². The Balaban J connectivity index is 2.26. The molecule has 82 valence electrons. The maximum absolute atomic E-state index is 6.06. The van der Waals surface area contributed by atoms with Gasteiger partial charge in [-0.1, -0.05) is 18.5 Å². The zero-order valence-electron chi connectivity index (χ0n) is 9.15. The minimum absolute atomic E-state index is 0.493. The summed E-state index contributed by atoms with van der Waals surface area (Å²) in [5.41, 5.74) is 0. The lowest BCUT2D eigenvalue weighted by atomic mass is 9.92. The van der Waals surface area contributed by atoms with Gasteiger partial charge < -0.3 is 4.90 Å². The van der Waals surface area contributed by atoms with Crippen LogP contribution in [-0.4, -0.2) is 22.6 Å². The molecule has 0 N–H and O–H groups in total. The third-order valence-corrected chi connectivity index (χ3v) is 3.55. The molecule has 0 spiro atoms. The summed E-state index contributed by atoms with van der Waals surface area (Å²) in [5.74, 6) is 1.52. The minimum atomic E-state index is 0.493. The Labute approximate surface area is 95.5 Å². The fourth-order valence-electron chi connectivity index (χ4n) is 2.14. The summed E-state index contributed by atoms with van der Waals surface area (Å²) in [7, 11) is 0. The molecule has 1 fully saturated rings. The van der Waals surface area contributed by atoms with Crippen LogP contribution in [-0.2, 0) is 0 Å². The van der Waals surface area contributed by atoms with Gasteiger partial charge in [-0.05, 0) is 25.7 Å². The van der Waals surface area contributed by atoms with Crippen molar-refractivity contribution in [1.82, 2.24) is 9.97 Å². The molecule has 0 bridgehead atoms. The van der Waals surface area contributed by atoms with E-state index in [1.807, 2.05) is 0 Å². The summed E-state index contributed by atoms with van der Waals surface area (Å²) in [6.45, 7) is 5.54. The van der Waals surface area contributed by atoms with Crippen molar-refractivity contribution >= 4 is 17.4 Å². The molecule has 15 heavy (non-hydrogen) atoms. The van der Waals surface area contributed by atoms with Gasteiger partial charge >= 0.3 is 0 Å². The molecule has 1 aromatic rings. The van der Waals surface area contributed by atoms with Crippen LogP contribution in [0.2, 0.25) is 5.15 Å². The number of nitrogens with zero attached hydrogens (tertiary/aromatic N) is 3. The SMILES string of the molecule is CC1CCCN(c2nccnc2Cl)C1C. The monoisotopic (exact) mass is 225 g/mol. The topological polar surface area (TPSA) is 29.0 Å². The molecule has 1 saturated heterocycles. The number of rotatable bonds is 1. The predicted octanol–water partition coefficient (Wildman–Crippen LogP) is 2.75. The van der Waals surface area contributed by atoms with Gasteiger partial charge in [0, 0.05) is 25.0 Å². The molecule has 2 unspecified atom stereocenters. The number of aromatic nitrogens is 2. The lowest BCUT2D eigenvalue weighted by Gasteiger charge is -2.38.